The van der Waals surface area contributed by atoms with Gasteiger partial charge in [0, 0.05) is 11.3 Å². The first kappa shape index (κ1) is 16.2. The number of nitrogens with zero attached hydrogens (tertiary/aromatic N) is 2. The first-order valence-corrected chi connectivity index (χ1v) is 7.89. The van der Waals surface area contributed by atoms with E-state index in [1.807, 2.05) is 41.7 Å². The number of rotatable bonds is 4. The van der Waals surface area contributed by atoms with Gasteiger partial charge < -0.3 is 10.8 Å². The van der Waals surface area contributed by atoms with E-state index in [2.05, 4.69) is 13.8 Å². The third kappa shape index (κ3) is 2.67. The second-order valence-electron chi connectivity index (χ2n) is 6.14. The zero-order chi connectivity index (χ0) is 17.4. The van der Waals surface area contributed by atoms with E-state index in [1.165, 1.54) is 5.56 Å². The molecule has 3 aromatic rings. The summed E-state index contributed by atoms with van der Waals surface area (Å²) < 4.78 is 2.02. The number of carbonyl (C=O) groups excluding carboxylic acids is 1. The van der Waals surface area contributed by atoms with Crippen LogP contribution in [-0.2, 0) is 17.8 Å². The van der Waals surface area contributed by atoms with Crippen LogP contribution in [0.1, 0.15) is 28.1 Å². The van der Waals surface area contributed by atoms with Crippen LogP contribution in [0.5, 0.6) is 0 Å². The Morgan fingerprint density at radius 2 is 1.88 bits per heavy atom. The fourth-order valence-corrected chi connectivity index (χ4v) is 3.03. The van der Waals surface area contributed by atoms with Crippen LogP contribution in [0, 0.1) is 20.8 Å². The molecule has 0 unspecified atom stereocenters. The Labute approximate surface area is 140 Å². The number of benzene rings is 1. The van der Waals surface area contributed by atoms with Gasteiger partial charge in [-0.1, -0.05) is 24.3 Å². The maximum absolute atomic E-state index is 11.6. The second kappa shape index (κ2) is 6.09. The molecular weight excluding hydrogens is 302 g/mol. The Balaban J connectivity index is 2.29. The minimum atomic E-state index is -0.386. The van der Waals surface area contributed by atoms with Gasteiger partial charge in [-0.3, -0.25) is 9.20 Å². The second-order valence-corrected chi connectivity index (χ2v) is 6.14. The molecule has 3 N–H and O–H groups in total. The molecule has 2 aromatic heterocycles. The van der Waals surface area contributed by atoms with Gasteiger partial charge in [-0.15, -0.1) is 0 Å². The van der Waals surface area contributed by atoms with Crippen molar-refractivity contribution < 1.29 is 9.90 Å². The van der Waals surface area contributed by atoms with Gasteiger partial charge in [-0.2, -0.15) is 0 Å². The van der Waals surface area contributed by atoms with Crippen molar-refractivity contribution in [3.05, 3.63) is 58.4 Å². The van der Waals surface area contributed by atoms with Gasteiger partial charge in [0.15, 0.2) is 0 Å². The average molecular weight is 323 g/mol. The van der Waals surface area contributed by atoms with Crippen molar-refractivity contribution in [1.29, 1.82) is 0 Å². The molecule has 0 saturated carbocycles. The zero-order valence-corrected chi connectivity index (χ0v) is 14.1. The molecule has 5 nitrogen and oxygen atoms in total. The lowest BCUT2D eigenvalue weighted by Gasteiger charge is -2.11. The number of aliphatic hydroxyl groups is 1. The summed E-state index contributed by atoms with van der Waals surface area (Å²) in [5, 5.41) is 9.20. The molecule has 0 spiro atoms. The highest BCUT2D eigenvalue weighted by molar-refractivity contribution is 5.80. The van der Waals surface area contributed by atoms with Gasteiger partial charge in [0.1, 0.15) is 5.65 Å². The van der Waals surface area contributed by atoms with E-state index in [0.717, 1.165) is 39.4 Å². The summed E-state index contributed by atoms with van der Waals surface area (Å²) in [5.41, 5.74) is 13.0. The van der Waals surface area contributed by atoms with Crippen LogP contribution in [0.15, 0.2) is 30.3 Å². The van der Waals surface area contributed by atoms with Gasteiger partial charge in [0.05, 0.1) is 24.4 Å². The maximum Gasteiger partial charge on any atom is 0.223 e. The van der Waals surface area contributed by atoms with Crippen LogP contribution in [0.3, 0.4) is 0 Å². The molecule has 2 heterocycles. The molecule has 24 heavy (non-hydrogen) atoms. The third-order valence-corrected chi connectivity index (χ3v) is 4.57. The van der Waals surface area contributed by atoms with Crippen molar-refractivity contribution in [2.45, 2.75) is 33.8 Å². The van der Waals surface area contributed by atoms with E-state index in [-0.39, 0.29) is 18.9 Å². The van der Waals surface area contributed by atoms with Gasteiger partial charge in [-0.25, -0.2) is 4.98 Å². The Kier molecular flexibility index (Phi) is 4.11. The number of fused-ring (bicyclic) bond motifs is 1. The molecule has 5 heteroatoms. The van der Waals surface area contributed by atoms with Crippen molar-refractivity contribution in [2.75, 3.05) is 0 Å². The topological polar surface area (TPSA) is 80.6 Å². The SMILES string of the molecule is Cc1cc2nc(-c3ccc(CO)cc3)c(CC(N)=O)n2c(C)c1C. The minimum Gasteiger partial charge on any atom is -0.392 e. The van der Waals surface area contributed by atoms with E-state index < -0.39 is 0 Å². The number of amides is 1. The Morgan fingerprint density at radius 3 is 2.46 bits per heavy atom. The summed E-state index contributed by atoms with van der Waals surface area (Å²) >= 11 is 0. The predicted octanol–water partition coefficient (Wildman–Crippen LogP) is 2.45. The summed E-state index contributed by atoms with van der Waals surface area (Å²) in [7, 11) is 0. The molecule has 3 rings (SSSR count). The monoisotopic (exact) mass is 323 g/mol. The lowest BCUT2D eigenvalue weighted by Crippen LogP contribution is -2.16. The lowest BCUT2D eigenvalue weighted by molar-refractivity contribution is -0.117. The van der Waals surface area contributed by atoms with Crippen LogP contribution < -0.4 is 5.73 Å². The van der Waals surface area contributed by atoms with Crippen LogP contribution >= 0.6 is 0 Å². The van der Waals surface area contributed by atoms with E-state index in [0.29, 0.717) is 0 Å². The van der Waals surface area contributed by atoms with E-state index in [9.17, 15) is 9.90 Å². The van der Waals surface area contributed by atoms with Crippen molar-refractivity contribution in [1.82, 2.24) is 9.38 Å². The fraction of sp³-hybridized carbons (Fsp3) is 0.263. The van der Waals surface area contributed by atoms with Crippen LogP contribution in [0.4, 0.5) is 0 Å². The summed E-state index contributed by atoms with van der Waals surface area (Å²) in [5.74, 6) is -0.386. The number of hydrogen-bond donors (Lipinski definition) is 2. The molecule has 0 aliphatic rings. The lowest BCUT2D eigenvalue weighted by atomic mass is 10.1. The van der Waals surface area contributed by atoms with Crippen molar-refractivity contribution >= 4 is 11.6 Å². The van der Waals surface area contributed by atoms with Gasteiger partial charge >= 0.3 is 0 Å². The Hall–Kier alpha value is -2.66. The molecule has 0 fully saturated rings. The molecule has 0 aliphatic heterocycles. The summed E-state index contributed by atoms with van der Waals surface area (Å²) in [6, 6.07) is 9.56. The molecular formula is C19H21N3O2. The van der Waals surface area contributed by atoms with E-state index in [1.54, 1.807) is 0 Å². The van der Waals surface area contributed by atoms with Crippen LogP contribution in [-0.4, -0.2) is 20.4 Å². The van der Waals surface area contributed by atoms with Crippen molar-refractivity contribution in [3.63, 3.8) is 0 Å². The summed E-state index contributed by atoms with van der Waals surface area (Å²) in [4.78, 5) is 16.4. The largest absolute Gasteiger partial charge is 0.392 e. The smallest absolute Gasteiger partial charge is 0.223 e. The molecule has 124 valence electrons. The maximum atomic E-state index is 11.6. The Morgan fingerprint density at radius 1 is 1.21 bits per heavy atom. The Bertz CT molecular complexity index is 924. The highest BCUT2D eigenvalue weighted by atomic mass is 16.3. The first-order chi connectivity index (χ1) is 11.4. The van der Waals surface area contributed by atoms with Gasteiger partial charge in [0.2, 0.25) is 5.91 Å². The van der Waals surface area contributed by atoms with Crippen molar-refractivity contribution in [2.24, 2.45) is 5.73 Å². The highest BCUT2D eigenvalue weighted by Crippen LogP contribution is 2.28. The first-order valence-electron chi connectivity index (χ1n) is 7.89. The number of aliphatic hydroxyl groups excluding tert-OH is 1. The average Bonchev–Trinajstić information content (AvgIpc) is 2.90. The fourth-order valence-electron chi connectivity index (χ4n) is 3.03. The number of hydrogen-bond acceptors (Lipinski definition) is 3. The molecule has 0 atom stereocenters. The number of aromatic nitrogens is 2. The van der Waals surface area contributed by atoms with E-state index >= 15 is 0 Å². The molecule has 1 amide bonds. The van der Waals surface area contributed by atoms with Gasteiger partial charge in [0.25, 0.3) is 0 Å². The standard InChI is InChI=1S/C19H21N3O2/c1-11-8-18-21-19(15-6-4-14(10-23)5-7-15)16(9-17(20)24)22(18)13(3)12(11)2/h4-8,23H,9-10H2,1-3H3,(H2,20,24). The molecule has 1 aromatic carbocycles. The number of pyridine rings is 1. The third-order valence-electron chi connectivity index (χ3n) is 4.57. The summed E-state index contributed by atoms with van der Waals surface area (Å²) in [6.07, 6.45) is 0.127. The number of nitrogens with two attached hydrogens (primary N) is 1. The normalized spacial score (nSPS) is 11.2. The predicted molar refractivity (Wildman–Crippen MR) is 93.7 cm³/mol. The van der Waals surface area contributed by atoms with Gasteiger partial charge in [-0.05, 0) is 43.5 Å². The molecule has 0 radical (unpaired) electrons. The number of imidazole rings is 1. The summed E-state index contributed by atoms with van der Waals surface area (Å²) in [6.45, 7) is 6.14. The van der Waals surface area contributed by atoms with Crippen LogP contribution in [0.25, 0.3) is 16.9 Å². The number of aryl methyl sites for hydroxylation is 2. The number of primary amides is 1. The molecule has 0 saturated heterocycles. The minimum absolute atomic E-state index is 0.00289. The van der Waals surface area contributed by atoms with E-state index in [4.69, 9.17) is 10.7 Å². The molecule has 0 bridgehead atoms. The molecule has 0 aliphatic carbocycles. The van der Waals surface area contributed by atoms with Crippen LogP contribution in [0.2, 0.25) is 0 Å². The quantitative estimate of drug-likeness (QED) is 0.774. The van der Waals surface area contributed by atoms with Crippen molar-refractivity contribution in [3.8, 4) is 11.3 Å². The highest BCUT2D eigenvalue weighted by Gasteiger charge is 2.18. The number of carbonyl (C=O) groups is 1. The zero-order valence-electron chi connectivity index (χ0n) is 14.1.